The minimum atomic E-state index is -0.197. The van der Waals surface area contributed by atoms with E-state index in [-0.39, 0.29) is 41.1 Å². The van der Waals surface area contributed by atoms with Crippen LogP contribution in [0.25, 0.3) is 0 Å². The maximum Gasteiger partial charge on any atom is 0.302 e. The van der Waals surface area contributed by atoms with Crippen LogP contribution in [0.5, 0.6) is 0 Å². The molecule has 0 aliphatic heterocycles. The minimum absolute atomic E-state index is 0.0112. The second kappa shape index (κ2) is 7.00. The average molecular weight is 393 g/mol. The number of carbonyl (C=O) groups excluding carboxylic acids is 2. The van der Waals surface area contributed by atoms with E-state index in [1.165, 1.54) is 13.8 Å². The first-order chi connectivity index (χ1) is 13.1. The molecule has 0 amide bonds. The third kappa shape index (κ3) is 3.28. The third-order valence-electron chi connectivity index (χ3n) is 8.92. The number of aliphatic hydroxyl groups is 1. The van der Waals surface area contributed by atoms with E-state index in [1.54, 1.807) is 0 Å². The van der Waals surface area contributed by atoms with Gasteiger partial charge in [0.05, 0.1) is 6.10 Å². The molecular weight excluding hydrogens is 356 g/mol. The summed E-state index contributed by atoms with van der Waals surface area (Å²) in [5.41, 5.74) is 0.169. The van der Waals surface area contributed by atoms with Crippen molar-refractivity contribution in [3.8, 4) is 0 Å². The summed E-state index contributed by atoms with van der Waals surface area (Å²) in [6.07, 6.45) is 7.42. The lowest BCUT2D eigenvalue weighted by Gasteiger charge is -2.62. The van der Waals surface area contributed by atoms with E-state index in [0.29, 0.717) is 23.7 Å². The van der Waals surface area contributed by atoms with Gasteiger partial charge in [-0.2, -0.15) is 0 Å². The van der Waals surface area contributed by atoms with Crippen molar-refractivity contribution in [2.45, 2.75) is 97.4 Å². The Hall–Kier alpha value is -1.10. The molecule has 4 aliphatic carbocycles. The summed E-state index contributed by atoms with van der Waals surface area (Å²) in [6.45, 7) is 7.71. The van der Waals surface area contributed by atoms with E-state index in [9.17, 15) is 14.7 Å². The van der Waals surface area contributed by atoms with Gasteiger partial charge in [-0.05, 0) is 80.0 Å². The van der Waals surface area contributed by atoms with Crippen molar-refractivity contribution in [2.75, 3.05) is 0 Å². The van der Waals surface area contributed by atoms with Gasteiger partial charge in [0.15, 0.2) is 0 Å². The fourth-order valence-corrected chi connectivity index (χ4v) is 7.99. The number of hydrogen-bond acceptors (Lipinski definition) is 5. The zero-order valence-corrected chi connectivity index (χ0v) is 17.8. The maximum absolute atomic E-state index is 12.0. The largest absolute Gasteiger partial charge is 0.463 e. The number of rotatable bonds is 2. The van der Waals surface area contributed by atoms with Crippen LogP contribution in [0.15, 0.2) is 0 Å². The molecule has 4 aliphatic rings. The molecule has 0 radical (unpaired) electrons. The summed E-state index contributed by atoms with van der Waals surface area (Å²) < 4.78 is 11.6. The zero-order chi connectivity index (χ0) is 20.3. The molecule has 0 unspecified atom stereocenters. The molecule has 5 heteroatoms. The Kier molecular flexibility index (Phi) is 5.05. The lowest BCUT2D eigenvalue weighted by molar-refractivity contribution is -0.193. The average Bonchev–Trinajstić information content (AvgIpc) is 2.89. The number of hydrogen-bond donors (Lipinski definition) is 1. The van der Waals surface area contributed by atoms with Crippen LogP contribution < -0.4 is 0 Å². The first-order valence-corrected chi connectivity index (χ1v) is 11.1. The van der Waals surface area contributed by atoms with Crippen molar-refractivity contribution < 1.29 is 24.2 Å². The normalized spacial score (nSPS) is 50.1. The van der Waals surface area contributed by atoms with Gasteiger partial charge in [-0.15, -0.1) is 0 Å². The first kappa shape index (κ1) is 20.2. The fourth-order valence-electron chi connectivity index (χ4n) is 7.99. The van der Waals surface area contributed by atoms with Crippen LogP contribution in [-0.4, -0.2) is 35.4 Å². The second-order valence-corrected chi connectivity index (χ2v) is 10.7. The summed E-state index contributed by atoms with van der Waals surface area (Å²) in [5, 5.41) is 10.2. The smallest absolute Gasteiger partial charge is 0.302 e. The van der Waals surface area contributed by atoms with Crippen molar-refractivity contribution in [1.82, 2.24) is 0 Å². The highest BCUT2D eigenvalue weighted by molar-refractivity contribution is 5.66. The van der Waals surface area contributed by atoms with Gasteiger partial charge in [0, 0.05) is 19.8 Å². The van der Waals surface area contributed by atoms with Crippen molar-refractivity contribution >= 4 is 11.9 Å². The molecule has 5 nitrogen and oxygen atoms in total. The van der Waals surface area contributed by atoms with Crippen molar-refractivity contribution in [1.29, 1.82) is 0 Å². The van der Waals surface area contributed by atoms with Gasteiger partial charge in [0.2, 0.25) is 0 Å². The van der Waals surface area contributed by atoms with E-state index >= 15 is 0 Å². The quantitative estimate of drug-likeness (QED) is 0.723. The van der Waals surface area contributed by atoms with Crippen molar-refractivity contribution in [3.05, 3.63) is 0 Å². The lowest BCUT2D eigenvalue weighted by Crippen LogP contribution is -2.59. The predicted octanol–water partition coefficient (Wildman–Crippen LogP) is 3.86. The number of ether oxygens (including phenoxy) is 2. The first-order valence-electron chi connectivity index (χ1n) is 11.1. The summed E-state index contributed by atoms with van der Waals surface area (Å²) in [4.78, 5) is 23.5. The number of esters is 2. The van der Waals surface area contributed by atoms with E-state index in [4.69, 9.17) is 9.47 Å². The van der Waals surface area contributed by atoms with E-state index in [2.05, 4.69) is 13.8 Å². The highest BCUT2D eigenvalue weighted by Gasteiger charge is 2.63. The van der Waals surface area contributed by atoms with E-state index in [1.807, 2.05) is 0 Å². The number of carbonyl (C=O) groups is 2. The van der Waals surface area contributed by atoms with Crippen LogP contribution in [0.2, 0.25) is 0 Å². The highest BCUT2D eigenvalue weighted by Crippen LogP contribution is 2.66. The molecule has 0 spiro atoms. The fraction of sp³-hybridized carbons (Fsp3) is 0.913. The Morgan fingerprint density at radius 2 is 1.68 bits per heavy atom. The number of fused-ring (bicyclic) bond motifs is 5. The van der Waals surface area contributed by atoms with Gasteiger partial charge < -0.3 is 14.6 Å². The van der Waals surface area contributed by atoms with Gasteiger partial charge in [-0.1, -0.05) is 13.8 Å². The Bertz CT molecular complexity index is 647. The molecule has 9 atom stereocenters. The van der Waals surface area contributed by atoms with Crippen LogP contribution in [-0.2, 0) is 19.1 Å². The summed E-state index contributed by atoms with van der Waals surface area (Å²) in [7, 11) is 0. The molecule has 0 saturated heterocycles. The standard InChI is InChI=1S/C23H36O5/c1-13(24)27-17-10-19-18-6-5-15-9-16(26)7-8-23(15,4)21(18)20(28-14(2)25)12-22(19,3)11-17/h15-21,26H,5-12H2,1-4H3/t15-,16-,17-,18-,19-,20+,21+,22-,23-/m0/s1. The molecule has 28 heavy (non-hydrogen) atoms. The Balaban J connectivity index is 1.67. The molecule has 0 aromatic heterocycles. The SMILES string of the molecule is CC(=O)O[C@H]1C[C@H]2[C@@H]3CC[C@H]4C[C@@H](O)CC[C@]4(C)[C@H]3[C@H](OC(C)=O)C[C@]2(C)C1. The maximum atomic E-state index is 12.0. The monoisotopic (exact) mass is 392 g/mol. The second-order valence-electron chi connectivity index (χ2n) is 10.7. The number of aliphatic hydroxyl groups excluding tert-OH is 1. The molecule has 0 bridgehead atoms. The zero-order valence-electron chi connectivity index (χ0n) is 17.8. The van der Waals surface area contributed by atoms with E-state index < -0.39 is 0 Å². The van der Waals surface area contributed by atoms with Gasteiger partial charge in [0.25, 0.3) is 0 Å². The van der Waals surface area contributed by atoms with Crippen molar-refractivity contribution in [3.63, 3.8) is 0 Å². The molecular formula is C23H36O5. The van der Waals surface area contributed by atoms with Crippen LogP contribution in [0.3, 0.4) is 0 Å². The van der Waals surface area contributed by atoms with E-state index in [0.717, 1.165) is 51.4 Å². The van der Waals surface area contributed by atoms with Crippen LogP contribution in [0.4, 0.5) is 0 Å². The van der Waals surface area contributed by atoms with Crippen molar-refractivity contribution in [2.24, 2.45) is 34.5 Å². The minimum Gasteiger partial charge on any atom is -0.463 e. The Morgan fingerprint density at radius 1 is 0.964 bits per heavy atom. The lowest BCUT2D eigenvalue weighted by atomic mass is 9.44. The van der Waals surface area contributed by atoms with Crippen LogP contribution >= 0.6 is 0 Å². The van der Waals surface area contributed by atoms with Crippen LogP contribution in [0.1, 0.15) is 79.1 Å². The molecule has 1 N–H and O–H groups in total. The molecule has 4 saturated carbocycles. The molecule has 0 aromatic carbocycles. The van der Waals surface area contributed by atoms with Gasteiger partial charge >= 0.3 is 11.9 Å². The van der Waals surface area contributed by atoms with Gasteiger partial charge in [-0.3, -0.25) is 9.59 Å². The molecule has 0 heterocycles. The third-order valence-corrected chi connectivity index (χ3v) is 8.92. The summed E-state index contributed by atoms with van der Waals surface area (Å²) >= 11 is 0. The highest BCUT2D eigenvalue weighted by atomic mass is 16.5. The van der Waals surface area contributed by atoms with Gasteiger partial charge in [0.1, 0.15) is 12.2 Å². The molecule has 4 fully saturated rings. The Morgan fingerprint density at radius 3 is 2.36 bits per heavy atom. The predicted molar refractivity (Wildman–Crippen MR) is 104 cm³/mol. The molecule has 158 valence electrons. The van der Waals surface area contributed by atoms with Gasteiger partial charge in [-0.25, -0.2) is 0 Å². The summed E-state index contributed by atoms with van der Waals surface area (Å²) in [6, 6.07) is 0. The topological polar surface area (TPSA) is 72.8 Å². The molecule has 0 aromatic rings. The van der Waals surface area contributed by atoms with Crippen LogP contribution in [0, 0.1) is 34.5 Å². The summed E-state index contributed by atoms with van der Waals surface area (Å²) in [5.74, 6) is 1.47. The molecule has 4 rings (SSSR count). The Labute approximate surface area is 168 Å².